The lowest BCUT2D eigenvalue weighted by Gasteiger charge is -2.21. The molecule has 0 saturated heterocycles. The first-order valence-electron chi connectivity index (χ1n) is 9.30. The topological polar surface area (TPSA) is 0 Å². The van der Waals surface area contributed by atoms with Crippen LogP contribution < -0.4 is 0 Å². The molecular formula is C26H22. The summed E-state index contributed by atoms with van der Waals surface area (Å²) in [6.07, 6.45) is 0. The molecule has 0 unspecified atom stereocenters. The molecule has 0 N–H and O–H groups in total. The minimum absolute atomic E-state index is 0.148. The number of benzene rings is 5. The molecule has 0 aromatic heterocycles. The van der Waals surface area contributed by atoms with Gasteiger partial charge in [-0.3, -0.25) is 0 Å². The number of hydrogen-bond donors (Lipinski definition) is 0. The summed E-state index contributed by atoms with van der Waals surface area (Å²) in [5.41, 5.74) is 4.15. The van der Waals surface area contributed by atoms with Crippen molar-refractivity contribution in [2.45, 2.75) is 26.2 Å². The van der Waals surface area contributed by atoms with E-state index in [1.807, 2.05) is 0 Å². The van der Waals surface area contributed by atoms with Gasteiger partial charge >= 0.3 is 0 Å². The van der Waals surface area contributed by atoms with Gasteiger partial charge in [-0.15, -0.1) is 0 Å². The van der Waals surface area contributed by atoms with E-state index in [0.717, 1.165) is 0 Å². The van der Waals surface area contributed by atoms with Crippen LogP contribution in [0.4, 0.5) is 0 Å². The molecule has 5 rings (SSSR count). The molecule has 26 heavy (non-hydrogen) atoms. The fraction of sp³-hybridized carbons (Fsp3) is 0.154. The van der Waals surface area contributed by atoms with Crippen LogP contribution in [0.2, 0.25) is 0 Å². The smallest absolute Gasteiger partial charge is 0.00206 e. The lowest BCUT2D eigenvalue weighted by atomic mass is 9.84. The van der Waals surface area contributed by atoms with Crippen LogP contribution in [-0.4, -0.2) is 0 Å². The second-order valence-corrected chi connectivity index (χ2v) is 8.30. The average Bonchev–Trinajstić information content (AvgIpc) is 2.65. The van der Waals surface area contributed by atoms with Gasteiger partial charge in [-0.05, 0) is 60.5 Å². The van der Waals surface area contributed by atoms with E-state index >= 15 is 0 Å². The van der Waals surface area contributed by atoms with E-state index in [9.17, 15) is 0 Å². The predicted octanol–water partition coefficient (Wildman–Crippen LogP) is 7.55. The van der Waals surface area contributed by atoms with Crippen LogP contribution >= 0.6 is 0 Å². The van der Waals surface area contributed by atoms with Gasteiger partial charge in [0.15, 0.2) is 0 Å². The first-order chi connectivity index (χ1) is 12.5. The van der Waals surface area contributed by atoms with E-state index in [2.05, 4.69) is 99.6 Å². The Hall–Kier alpha value is -2.86. The van der Waals surface area contributed by atoms with E-state index in [1.165, 1.54) is 49.0 Å². The molecule has 0 bridgehead atoms. The first-order valence-corrected chi connectivity index (χ1v) is 9.30. The summed E-state index contributed by atoms with van der Waals surface area (Å²) in [7, 11) is 0. The highest BCUT2D eigenvalue weighted by molar-refractivity contribution is 6.26. The van der Waals surface area contributed by atoms with Crippen molar-refractivity contribution < 1.29 is 0 Å². The van der Waals surface area contributed by atoms with Crippen LogP contribution in [0.15, 0.2) is 78.9 Å². The Morgan fingerprint density at radius 3 is 2.00 bits per heavy atom. The van der Waals surface area contributed by atoms with Gasteiger partial charge in [0.05, 0.1) is 0 Å². The second-order valence-electron chi connectivity index (χ2n) is 8.30. The van der Waals surface area contributed by atoms with Crippen molar-refractivity contribution in [3.63, 3.8) is 0 Å². The van der Waals surface area contributed by atoms with Crippen molar-refractivity contribution >= 4 is 32.3 Å². The Morgan fingerprint density at radius 2 is 1.23 bits per heavy atom. The minimum Gasteiger partial charge on any atom is -0.0614 e. The van der Waals surface area contributed by atoms with Crippen molar-refractivity contribution in [1.29, 1.82) is 0 Å². The van der Waals surface area contributed by atoms with Crippen LogP contribution in [0.3, 0.4) is 0 Å². The zero-order valence-corrected chi connectivity index (χ0v) is 15.5. The summed E-state index contributed by atoms with van der Waals surface area (Å²) in [5.74, 6) is 0. The highest BCUT2D eigenvalue weighted by atomic mass is 14.2. The summed E-state index contributed by atoms with van der Waals surface area (Å²) in [5, 5.41) is 8.08. The zero-order valence-electron chi connectivity index (χ0n) is 15.5. The van der Waals surface area contributed by atoms with E-state index in [1.54, 1.807) is 0 Å². The average molecular weight is 334 g/mol. The van der Waals surface area contributed by atoms with Crippen LogP contribution in [0.25, 0.3) is 43.4 Å². The molecule has 0 saturated carbocycles. The summed E-state index contributed by atoms with van der Waals surface area (Å²) in [6, 6.07) is 29.2. The summed E-state index contributed by atoms with van der Waals surface area (Å²) in [6.45, 7) is 6.83. The van der Waals surface area contributed by atoms with Crippen molar-refractivity contribution in [3.8, 4) is 11.1 Å². The van der Waals surface area contributed by atoms with Crippen molar-refractivity contribution in [3.05, 3.63) is 84.4 Å². The predicted molar refractivity (Wildman–Crippen MR) is 114 cm³/mol. The van der Waals surface area contributed by atoms with Crippen molar-refractivity contribution in [2.75, 3.05) is 0 Å². The highest BCUT2D eigenvalue weighted by Gasteiger charge is 2.16. The van der Waals surface area contributed by atoms with Gasteiger partial charge in [0.25, 0.3) is 0 Å². The highest BCUT2D eigenvalue weighted by Crippen LogP contribution is 2.40. The third-order valence-corrected chi connectivity index (χ3v) is 5.55. The van der Waals surface area contributed by atoms with Crippen LogP contribution in [0, 0.1) is 0 Å². The third kappa shape index (κ3) is 2.22. The Bertz CT molecular complexity index is 1250. The van der Waals surface area contributed by atoms with Crippen LogP contribution in [0.5, 0.6) is 0 Å². The van der Waals surface area contributed by atoms with Gasteiger partial charge in [0.2, 0.25) is 0 Å². The van der Waals surface area contributed by atoms with E-state index in [-0.39, 0.29) is 5.41 Å². The molecule has 0 radical (unpaired) electrons. The molecule has 0 heteroatoms. The molecule has 0 spiro atoms. The van der Waals surface area contributed by atoms with E-state index in [0.29, 0.717) is 0 Å². The molecule has 0 aliphatic rings. The standard InChI is InChI=1S/C26H22/c1-26(2,3)21-11-5-9-19(15-21)23-16-20-10-4-7-17-13-14-18-8-6-12-22(23)25(18)24(17)20/h4-16H,1-3H3. The van der Waals surface area contributed by atoms with E-state index in [4.69, 9.17) is 0 Å². The molecular weight excluding hydrogens is 312 g/mol. The first kappa shape index (κ1) is 15.4. The summed E-state index contributed by atoms with van der Waals surface area (Å²) in [4.78, 5) is 0. The van der Waals surface area contributed by atoms with E-state index < -0.39 is 0 Å². The third-order valence-electron chi connectivity index (χ3n) is 5.55. The molecule has 5 aromatic carbocycles. The fourth-order valence-electron chi connectivity index (χ4n) is 4.15. The monoisotopic (exact) mass is 334 g/mol. The molecule has 126 valence electrons. The maximum Gasteiger partial charge on any atom is -0.00206 e. The molecule has 0 fully saturated rings. The summed E-state index contributed by atoms with van der Waals surface area (Å²) >= 11 is 0. The Balaban J connectivity index is 1.92. The number of hydrogen-bond acceptors (Lipinski definition) is 0. The second kappa shape index (κ2) is 5.32. The van der Waals surface area contributed by atoms with Gasteiger partial charge in [-0.25, -0.2) is 0 Å². The van der Waals surface area contributed by atoms with Crippen LogP contribution in [-0.2, 0) is 5.41 Å². The lowest BCUT2D eigenvalue weighted by molar-refractivity contribution is 0.590. The largest absolute Gasteiger partial charge is 0.0614 e. The Labute approximate surface area is 154 Å². The van der Waals surface area contributed by atoms with Gasteiger partial charge in [-0.1, -0.05) is 93.6 Å². The van der Waals surface area contributed by atoms with Crippen molar-refractivity contribution in [2.24, 2.45) is 0 Å². The van der Waals surface area contributed by atoms with Gasteiger partial charge in [-0.2, -0.15) is 0 Å². The quantitative estimate of drug-likeness (QED) is 0.278. The molecule has 0 amide bonds. The summed E-state index contributed by atoms with van der Waals surface area (Å²) < 4.78 is 0. The zero-order chi connectivity index (χ0) is 17.9. The molecule has 0 aliphatic carbocycles. The molecule has 0 heterocycles. The van der Waals surface area contributed by atoms with Gasteiger partial charge in [0, 0.05) is 0 Å². The van der Waals surface area contributed by atoms with Gasteiger partial charge in [0.1, 0.15) is 0 Å². The maximum absolute atomic E-state index is 2.37. The maximum atomic E-state index is 2.37. The number of rotatable bonds is 1. The molecule has 0 nitrogen and oxygen atoms in total. The lowest BCUT2D eigenvalue weighted by Crippen LogP contribution is -2.10. The molecule has 0 aliphatic heterocycles. The fourth-order valence-corrected chi connectivity index (χ4v) is 4.15. The van der Waals surface area contributed by atoms with Crippen molar-refractivity contribution in [1.82, 2.24) is 0 Å². The van der Waals surface area contributed by atoms with Gasteiger partial charge < -0.3 is 0 Å². The SMILES string of the molecule is CC(C)(C)c1cccc(-c2cc3cccc4ccc5cccc2c5c43)c1. The molecule has 5 aromatic rings. The minimum atomic E-state index is 0.148. The Kier molecular flexibility index (Phi) is 3.15. The van der Waals surface area contributed by atoms with Crippen LogP contribution in [0.1, 0.15) is 26.3 Å². The molecule has 0 atom stereocenters. The Morgan fingerprint density at radius 1 is 0.577 bits per heavy atom. The normalized spacial score (nSPS) is 12.4.